The summed E-state index contributed by atoms with van der Waals surface area (Å²) in [6, 6.07) is 4.50. The molecule has 21 heavy (non-hydrogen) atoms. The first-order valence-corrected chi connectivity index (χ1v) is 6.80. The van der Waals surface area contributed by atoms with E-state index in [2.05, 4.69) is 5.10 Å². The zero-order valence-corrected chi connectivity index (χ0v) is 11.6. The Labute approximate surface area is 121 Å². The molecule has 110 valence electrons. The largest absolute Gasteiger partial charge is 0.494 e. The van der Waals surface area contributed by atoms with Crippen LogP contribution in [-0.4, -0.2) is 28.0 Å². The monoisotopic (exact) mass is 290 g/mol. The molecule has 2 aromatic rings. The van der Waals surface area contributed by atoms with E-state index in [1.807, 2.05) is 0 Å². The van der Waals surface area contributed by atoms with Crippen LogP contribution in [0, 0.1) is 5.82 Å². The Morgan fingerprint density at radius 2 is 2.14 bits per heavy atom. The number of halogens is 1. The standard InChI is InChI=1S/C15H15FN2O3/c1-21-13-7-6-9(8-11(13)16)18-12-5-3-2-4-10(12)14(17-18)15(19)20/h6-8H,2-5H2,1H3,(H,19,20). The number of nitrogens with zero attached hydrogens (tertiary/aromatic N) is 2. The van der Waals surface area contributed by atoms with Gasteiger partial charge < -0.3 is 9.84 Å². The Balaban J connectivity index is 2.14. The van der Waals surface area contributed by atoms with E-state index in [0.717, 1.165) is 30.5 Å². The number of rotatable bonds is 3. The van der Waals surface area contributed by atoms with Crippen molar-refractivity contribution in [3.63, 3.8) is 0 Å². The van der Waals surface area contributed by atoms with Gasteiger partial charge in [-0.1, -0.05) is 0 Å². The Hall–Kier alpha value is -2.37. The lowest BCUT2D eigenvalue weighted by Crippen LogP contribution is -2.08. The summed E-state index contributed by atoms with van der Waals surface area (Å²) in [5.41, 5.74) is 2.22. The van der Waals surface area contributed by atoms with Crippen LogP contribution in [0.3, 0.4) is 0 Å². The van der Waals surface area contributed by atoms with Crippen LogP contribution >= 0.6 is 0 Å². The number of aromatic nitrogens is 2. The van der Waals surface area contributed by atoms with Crippen LogP contribution in [0.25, 0.3) is 5.69 Å². The van der Waals surface area contributed by atoms with Crippen molar-refractivity contribution in [2.45, 2.75) is 25.7 Å². The van der Waals surface area contributed by atoms with Gasteiger partial charge in [0.2, 0.25) is 0 Å². The molecule has 1 heterocycles. The van der Waals surface area contributed by atoms with Gasteiger partial charge in [-0.2, -0.15) is 5.10 Å². The molecular weight excluding hydrogens is 275 g/mol. The average molecular weight is 290 g/mol. The summed E-state index contributed by atoms with van der Waals surface area (Å²) in [6.07, 6.45) is 3.39. The smallest absolute Gasteiger partial charge is 0.356 e. The van der Waals surface area contributed by atoms with Crippen molar-refractivity contribution in [3.05, 3.63) is 41.0 Å². The summed E-state index contributed by atoms with van der Waals surface area (Å²) in [4.78, 5) is 11.3. The second kappa shape index (κ2) is 5.20. The van der Waals surface area contributed by atoms with Crippen molar-refractivity contribution in [1.82, 2.24) is 9.78 Å². The Bertz CT molecular complexity index is 709. The number of ether oxygens (including phenoxy) is 1. The minimum absolute atomic E-state index is 0.0703. The maximum absolute atomic E-state index is 13.9. The molecule has 1 aromatic heterocycles. The third-order valence-electron chi connectivity index (χ3n) is 3.76. The first-order chi connectivity index (χ1) is 10.1. The maximum atomic E-state index is 13.9. The highest BCUT2D eigenvalue weighted by Gasteiger charge is 2.25. The van der Waals surface area contributed by atoms with E-state index in [0.29, 0.717) is 12.1 Å². The van der Waals surface area contributed by atoms with E-state index < -0.39 is 11.8 Å². The molecule has 0 aliphatic heterocycles. The number of methoxy groups -OCH3 is 1. The molecular formula is C15H15FN2O3. The molecule has 5 nitrogen and oxygen atoms in total. The average Bonchev–Trinajstić information content (AvgIpc) is 2.87. The highest BCUT2D eigenvalue weighted by Crippen LogP contribution is 2.28. The zero-order valence-electron chi connectivity index (χ0n) is 11.6. The lowest BCUT2D eigenvalue weighted by molar-refractivity contribution is 0.0688. The zero-order chi connectivity index (χ0) is 15.0. The predicted octanol–water partition coefficient (Wildman–Crippen LogP) is 2.60. The summed E-state index contributed by atoms with van der Waals surface area (Å²) < 4.78 is 20.3. The topological polar surface area (TPSA) is 64.4 Å². The fourth-order valence-corrected chi connectivity index (χ4v) is 2.77. The molecule has 0 unspecified atom stereocenters. The summed E-state index contributed by atoms with van der Waals surface area (Å²) >= 11 is 0. The first-order valence-electron chi connectivity index (χ1n) is 6.80. The van der Waals surface area contributed by atoms with E-state index in [1.54, 1.807) is 10.7 Å². The molecule has 0 saturated heterocycles. The maximum Gasteiger partial charge on any atom is 0.356 e. The summed E-state index contributed by atoms with van der Waals surface area (Å²) in [6.45, 7) is 0. The third-order valence-corrected chi connectivity index (χ3v) is 3.76. The number of carboxylic acids is 1. The lowest BCUT2D eigenvalue weighted by Gasteiger charge is -2.14. The van der Waals surface area contributed by atoms with E-state index in [9.17, 15) is 14.3 Å². The molecule has 1 aliphatic carbocycles. The van der Waals surface area contributed by atoms with Crippen molar-refractivity contribution in [3.8, 4) is 11.4 Å². The van der Waals surface area contributed by atoms with Gasteiger partial charge in [-0.05, 0) is 37.8 Å². The number of fused-ring (bicyclic) bond motifs is 1. The van der Waals surface area contributed by atoms with Gasteiger partial charge in [0.25, 0.3) is 0 Å². The van der Waals surface area contributed by atoms with Crippen molar-refractivity contribution in [1.29, 1.82) is 0 Å². The number of carbonyl (C=O) groups is 1. The van der Waals surface area contributed by atoms with Gasteiger partial charge in [0.05, 0.1) is 12.8 Å². The van der Waals surface area contributed by atoms with Gasteiger partial charge in [-0.15, -0.1) is 0 Å². The van der Waals surface area contributed by atoms with Gasteiger partial charge in [-0.3, -0.25) is 0 Å². The molecule has 0 saturated carbocycles. The van der Waals surface area contributed by atoms with E-state index in [-0.39, 0.29) is 11.4 Å². The number of benzene rings is 1. The molecule has 0 fully saturated rings. The van der Waals surface area contributed by atoms with Gasteiger partial charge in [-0.25, -0.2) is 13.9 Å². The van der Waals surface area contributed by atoms with Gasteiger partial charge in [0.15, 0.2) is 17.3 Å². The summed E-state index contributed by atoms with van der Waals surface area (Å²) in [7, 11) is 1.40. The highest BCUT2D eigenvalue weighted by atomic mass is 19.1. The fourth-order valence-electron chi connectivity index (χ4n) is 2.77. The van der Waals surface area contributed by atoms with E-state index in [4.69, 9.17) is 4.74 Å². The molecule has 6 heteroatoms. The molecule has 1 aromatic carbocycles. The summed E-state index contributed by atoms with van der Waals surface area (Å²) in [5.74, 6) is -1.38. The van der Waals surface area contributed by atoms with Crippen molar-refractivity contribution in [2.75, 3.05) is 7.11 Å². The Morgan fingerprint density at radius 1 is 1.38 bits per heavy atom. The van der Waals surface area contributed by atoms with Crippen LogP contribution in [0.1, 0.15) is 34.6 Å². The van der Waals surface area contributed by atoms with Crippen LogP contribution in [0.5, 0.6) is 5.75 Å². The van der Waals surface area contributed by atoms with Crippen molar-refractivity contribution >= 4 is 5.97 Å². The molecule has 1 N–H and O–H groups in total. The Kier molecular flexibility index (Phi) is 3.37. The minimum atomic E-state index is -1.04. The summed E-state index contributed by atoms with van der Waals surface area (Å²) in [5, 5.41) is 13.4. The predicted molar refractivity (Wildman–Crippen MR) is 73.7 cm³/mol. The molecule has 0 atom stereocenters. The number of aromatic carboxylic acids is 1. The number of carboxylic acid groups (broad SMARTS) is 1. The lowest BCUT2D eigenvalue weighted by atomic mass is 9.95. The molecule has 0 bridgehead atoms. The number of hydrogen-bond acceptors (Lipinski definition) is 3. The van der Waals surface area contributed by atoms with Crippen LogP contribution in [0.2, 0.25) is 0 Å². The third kappa shape index (κ3) is 2.26. The number of hydrogen-bond donors (Lipinski definition) is 1. The molecule has 0 radical (unpaired) electrons. The molecule has 0 spiro atoms. The second-order valence-corrected chi connectivity index (χ2v) is 5.02. The minimum Gasteiger partial charge on any atom is -0.494 e. The second-order valence-electron chi connectivity index (χ2n) is 5.02. The van der Waals surface area contributed by atoms with Gasteiger partial charge in [0, 0.05) is 17.3 Å². The Morgan fingerprint density at radius 3 is 2.81 bits per heavy atom. The van der Waals surface area contributed by atoms with Crippen molar-refractivity contribution in [2.24, 2.45) is 0 Å². The molecule has 1 aliphatic rings. The van der Waals surface area contributed by atoms with Crippen LogP contribution < -0.4 is 4.74 Å². The SMILES string of the molecule is COc1ccc(-n2nc(C(=O)O)c3c2CCCC3)cc1F. The quantitative estimate of drug-likeness (QED) is 0.943. The van der Waals surface area contributed by atoms with Crippen LogP contribution in [-0.2, 0) is 12.8 Å². The normalized spacial score (nSPS) is 13.8. The van der Waals surface area contributed by atoms with E-state index >= 15 is 0 Å². The van der Waals surface area contributed by atoms with Crippen molar-refractivity contribution < 1.29 is 19.0 Å². The fraction of sp³-hybridized carbons (Fsp3) is 0.333. The van der Waals surface area contributed by atoms with Crippen LogP contribution in [0.4, 0.5) is 4.39 Å². The highest BCUT2D eigenvalue weighted by molar-refractivity contribution is 5.87. The van der Waals surface area contributed by atoms with E-state index in [1.165, 1.54) is 19.2 Å². The van der Waals surface area contributed by atoms with Gasteiger partial charge in [0.1, 0.15) is 0 Å². The van der Waals surface area contributed by atoms with Crippen LogP contribution in [0.15, 0.2) is 18.2 Å². The first kappa shape index (κ1) is 13.6. The molecule has 3 rings (SSSR count). The molecule has 0 amide bonds. The van der Waals surface area contributed by atoms with Gasteiger partial charge >= 0.3 is 5.97 Å².